The normalized spacial score (nSPS) is 13.8. The molecular weight excluding hydrogens is 484 g/mol. The zero-order valence-electron chi connectivity index (χ0n) is 18.7. The molecule has 36 heavy (non-hydrogen) atoms. The van der Waals surface area contributed by atoms with Crippen LogP contribution >= 0.6 is 0 Å². The van der Waals surface area contributed by atoms with Crippen LogP contribution < -0.4 is 21.7 Å². The smallest absolute Gasteiger partial charge is 0.326 e. The molecule has 0 fully saturated rings. The average Bonchev–Trinajstić information content (AvgIpc) is 2.77. The largest absolute Gasteiger partial charge is 0.481 e. The molecule has 0 bridgehead atoms. The molecule has 0 aliphatic rings. The summed E-state index contributed by atoms with van der Waals surface area (Å²) in [5.74, 6) is -9.91. The van der Waals surface area contributed by atoms with Crippen molar-refractivity contribution in [2.45, 2.75) is 49.9 Å². The van der Waals surface area contributed by atoms with E-state index >= 15 is 0 Å². The van der Waals surface area contributed by atoms with E-state index in [1.54, 1.807) is 35.6 Å². The molecule has 0 radical (unpaired) electrons. The number of benzene rings is 1. The monoisotopic (exact) mass is 510 g/mol. The average molecular weight is 510 g/mol. The lowest BCUT2D eigenvalue weighted by atomic mass is 10.0. The Morgan fingerprint density at radius 3 is 1.44 bits per heavy atom. The molecule has 9 N–H and O–H groups in total. The molecular formula is C21H26N4O11. The maximum Gasteiger partial charge on any atom is 0.326 e. The topological polar surface area (TPSA) is 263 Å². The number of carboxylic acid groups (broad SMARTS) is 4. The van der Waals surface area contributed by atoms with Crippen LogP contribution in [0.2, 0.25) is 0 Å². The van der Waals surface area contributed by atoms with Gasteiger partial charge < -0.3 is 42.1 Å². The number of hydrogen-bond donors (Lipinski definition) is 8. The number of aliphatic carboxylic acids is 4. The molecule has 1 aromatic rings. The molecule has 1 aromatic carbocycles. The molecule has 0 spiro atoms. The lowest BCUT2D eigenvalue weighted by Gasteiger charge is -2.23. The van der Waals surface area contributed by atoms with E-state index < -0.39 is 85.0 Å². The van der Waals surface area contributed by atoms with Crippen LogP contribution in [0.3, 0.4) is 0 Å². The van der Waals surface area contributed by atoms with Crippen LogP contribution in [0.4, 0.5) is 0 Å². The van der Waals surface area contributed by atoms with Gasteiger partial charge in [-0.05, 0) is 12.0 Å². The zero-order valence-corrected chi connectivity index (χ0v) is 18.7. The maximum absolute atomic E-state index is 12.7. The van der Waals surface area contributed by atoms with Crippen molar-refractivity contribution in [1.29, 1.82) is 0 Å². The first-order valence-corrected chi connectivity index (χ1v) is 10.4. The van der Waals surface area contributed by atoms with Gasteiger partial charge in [-0.3, -0.25) is 28.8 Å². The Morgan fingerprint density at radius 2 is 1.03 bits per heavy atom. The van der Waals surface area contributed by atoms with Gasteiger partial charge in [0, 0.05) is 0 Å². The molecule has 0 saturated heterocycles. The Labute approximate surface area is 203 Å². The number of carbonyl (C=O) groups excluding carboxylic acids is 3. The van der Waals surface area contributed by atoms with Gasteiger partial charge in [0.05, 0.1) is 25.3 Å². The Hall–Kier alpha value is -4.53. The van der Waals surface area contributed by atoms with Crippen molar-refractivity contribution in [3.63, 3.8) is 0 Å². The minimum atomic E-state index is -1.94. The van der Waals surface area contributed by atoms with Gasteiger partial charge in [0.15, 0.2) is 0 Å². The number of carbonyl (C=O) groups is 7. The van der Waals surface area contributed by atoms with Crippen LogP contribution in [0.25, 0.3) is 0 Å². The summed E-state index contributed by atoms with van der Waals surface area (Å²) >= 11 is 0. The minimum Gasteiger partial charge on any atom is -0.481 e. The summed E-state index contributed by atoms with van der Waals surface area (Å²) in [7, 11) is 0. The van der Waals surface area contributed by atoms with Crippen LogP contribution in [-0.2, 0) is 40.0 Å². The lowest BCUT2D eigenvalue weighted by Crippen LogP contribution is -2.58. The van der Waals surface area contributed by atoms with Crippen molar-refractivity contribution < 1.29 is 54.0 Å². The van der Waals surface area contributed by atoms with E-state index in [0.717, 1.165) is 0 Å². The summed E-state index contributed by atoms with van der Waals surface area (Å²) in [6.07, 6.45) is -2.99. The Balaban J connectivity index is 2.99. The summed E-state index contributed by atoms with van der Waals surface area (Å²) in [4.78, 5) is 81.9. The highest BCUT2D eigenvalue weighted by Crippen LogP contribution is 2.04. The van der Waals surface area contributed by atoms with Gasteiger partial charge in [0.25, 0.3) is 0 Å². The molecule has 1 rings (SSSR count). The number of hydrogen-bond acceptors (Lipinski definition) is 8. The van der Waals surface area contributed by atoms with Gasteiger partial charge in [0.1, 0.15) is 18.1 Å². The van der Waals surface area contributed by atoms with E-state index in [9.17, 15) is 33.6 Å². The Kier molecular flexibility index (Phi) is 11.5. The second-order valence-electron chi connectivity index (χ2n) is 7.61. The second-order valence-corrected chi connectivity index (χ2v) is 7.61. The van der Waals surface area contributed by atoms with Crippen molar-refractivity contribution in [3.8, 4) is 0 Å². The number of nitrogens with one attached hydrogen (secondary N) is 3. The molecule has 0 aliphatic heterocycles. The number of carboxylic acids is 4. The summed E-state index contributed by atoms with van der Waals surface area (Å²) < 4.78 is 0. The number of amides is 3. The van der Waals surface area contributed by atoms with Gasteiger partial charge in [-0.1, -0.05) is 30.3 Å². The van der Waals surface area contributed by atoms with Crippen LogP contribution in [0.5, 0.6) is 0 Å². The lowest BCUT2D eigenvalue weighted by molar-refractivity contribution is -0.148. The highest BCUT2D eigenvalue weighted by Gasteiger charge is 2.33. The van der Waals surface area contributed by atoms with Crippen molar-refractivity contribution in [3.05, 3.63) is 35.9 Å². The first-order chi connectivity index (χ1) is 16.8. The predicted octanol–water partition coefficient (Wildman–Crippen LogP) is -2.48. The van der Waals surface area contributed by atoms with E-state index in [1.165, 1.54) is 0 Å². The van der Waals surface area contributed by atoms with Crippen molar-refractivity contribution in [2.24, 2.45) is 5.73 Å². The molecule has 3 amide bonds. The third kappa shape index (κ3) is 10.6. The van der Waals surface area contributed by atoms with E-state index in [1.807, 2.05) is 5.32 Å². The summed E-state index contributed by atoms with van der Waals surface area (Å²) in [6.45, 7) is 0. The standard InChI is InChI=1S/C21H26N4O11/c22-11(6-10-4-2-1-3-5-10)18(32)23-12(7-15(26)27)19(33)24-13(8-16(28)29)20(34)25-14(21(35)36)9-17(30)31/h1-5,11-14H,6-9,22H2,(H,23,32)(H,24,33)(H,25,34)(H,26,27)(H,28,29)(H,30,31)(H,35,36). The fourth-order valence-electron chi connectivity index (χ4n) is 2.93. The van der Waals surface area contributed by atoms with Crippen LogP contribution in [0, 0.1) is 0 Å². The maximum atomic E-state index is 12.7. The van der Waals surface area contributed by atoms with Crippen LogP contribution in [-0.4, -0.2) is 86.2 Å². The third-order valence-electron chi connectivity index (χ3n) is 4.65. The van der Waals surface area contributed by atoms with E-state index in [0.29, 0.717) is 5.56 Å². The van der Waals surface area contributed by atoms with Gasteiger partial charge >= 0.3 is 23.9 Å². The first-order valence-electron chi connectivity index (χ1n) is 10.4. The molecule has 4 unspecified atom stereocenters. The number of nitrogens with two attached hydrogens (primary N) is 1. The molecule has 0 heterocycles. The second kappa shape index (κ2) is 14.0. The predicted molar refractivity (Wildman–Crippen MR) is 118 cm³/mol. The van der Waals surface area contributed by atoms with Gasteiger partial charge in [-0.25, -0.2) is 4.79 Å². The van der Waals surface area contributed by atoms with Crippen LogP contribution in [0.1, 0.15) is 24.8 Å². The van der Waals surface area contributed by atoms with E-state index in [4.69, 9.17) is 26.2 Å². The van der Waals surface area contributed by atoms with E-state index in [-0.39, 0.29) is 6.42 Å². The minimum absolute atomic E-state index is 0.0539. The van der Waals surface area contributed by atoms with Gasteiger partial charge in [0.2, 0.25) is 17.7 Å². The summed E-state index contributed by atoms with van der Waals surface area (Å²) in [5, 5.41) is 41.9. The summed E-state index contributed by atoms with van der Waals surface area (Å²) in [5.41, 5.74) is 6.52. The highest BCUT2D eigenvalue weighted by molar-refractivity contribution is 5.97. The molecule has 15 heteroatoms. The molecule has 196 valence electrons. The molecule has 0 saturated carbocycles. The van der Waals surface area contributed by atoms with Crippen molar-refractivity contribution in [1.82, 2.24) is 16.0 Å². The van der Waals surface area contributed by atoms with Gasteiger partial charge in [-0.2, -0.15) is 0 Å². The summed E-state index contributed by atoms with van der Waals surface area (Å²) in [6, 6.07) is 1.74. The first kappa shape index (κ1) is 29.5. The molecule has 15 nitrogen and oxygen atoms in total. The van der Waals surface area contributed by atoms with Gasteiger partial charge in [-0.15, -0.1) is 0 Å². The molecule has 0 aliphatic carbocycles. The fourth-order valence-corrected chi connectivity index (χ4v) is 2.93. The van der Waals surface area contributed by atoms with E-state index in [2.05, 4.69) is 5.32 Å². The van der Waals surface area contributed by atoms with Crippen molar-refractivity contribution in [2.75, 3.05) is 0 Å². The SMILES string of the molecule is NC(Cc1ccccc1)C(=O)NC(CC(=O)O)C(=O)NC(CC(=O)O)C(=O)NC(CC(=O)O)C(=O)O. The van der Waals surface area contributed by atoms with Crippen LogP contribution in [0.15, 0.2) is 30.3 Å². The number of rotatable bonds is 15. The van der Waals surface area contributed by atoms with Crippen molar-refractivity contribution >= 4 is 41.6 Å². The zero-order chi connectivity index (χ0) is 27.4. The Bertz CT molecular complexity index is 999. The highest BCUT2D eigenvalue weighted by atomic mass is 16.4. The Morgan fingerprint density at radius 1 is 0.639 bits per heavy atom. The quantitative estimate of drug-likeness (QED) is 0.122. The molecule has 4 atom stereocenters. The fraction of sp³-hybridized carbons (Fsp3) is 0.381. The molecule has 0 aromatic heterocycles. The third-order valence-corrected chi connectivity index (χ3v) is 4.65.